The summed E-state index contributed by atoms with van der Waals surface area (Å²) in [6.45, 7) is 5.78. The minimum Gasteiger partial charge on any atom is -0.490 e. The highest BCUT2D eigenvalue weighted by Crippen LogP contribution is 2.33. The second-order valence-corrected chi connectivity index (χ2v) is 9.64. The number of nitrogens with one attached hydrogen (secondary N) is 1. The van der Waals surface area contributed by atoms with Crippen LogP contribution in [0.1, 0.15) is 30.9 Å². The van der Waals surface area contributed by atoms with Gasteiger partial charge in [0.25, 0.3) is 5.56 Å². The molecule has 1 aromatic heterocycles. The number of benzene rings is 3. The largest absolute Gasteiger partial charge is 0.490 e. The van der Waals surface area contributed by atoms with Crippen molar-refractivity contribution in [3.05, 3.63) is 92.3 Å². The van der Waals surface area contributed by atoms with Crippen molar-refractivity contribution in [1.82, 2.24) is 9.55 Å². The van der Waals surface area contributed by atoms with Gasteiger partial charge in [0.05, 0.1) is 34.4 Å². The first-order valence-corrected chi connectivity index (χ1v) is 12.6. The van der Waals surface area contributed by atoms with Gasteiger partial charge < -0.3 is 10.1 Å². The molecule has 0 saturated carbocycles. The van der Waals surface area contributed by atoms with E-state index in [4.69, 9.17) is 9.72 Å². The highest BCUT2D eigenvalue weighted by atomic mass is 32.2. The van der Waals surface area contributed by atoms with Gasteiger partial charge in [-0.1, -0.05) is 55.9 Å². The van der Waals surface area contributed by atoms with E-state index in [0.717, 1.165) is 23.0 Å². The lowest BCUT2D eigenvalue weighted by Gasteiger charge is -2.18. The van der Waals surface area contributed by atoms with E-state index >= 15 is 0 Å². The average molecular weight is 519 g/mol. The Morgan fingerprint density at radius 1 is 1.16 bits per heavy atom. The van der Waals surface area contributed by atoms with Crippen LogP contribution in [0.2, 0.25) is 0 Å². The Balaban J connectivity index is 1.69. The lowest BCUT2D eigenvalue weighted by Crippen LogP contribution is -2.24. The highest BCUT2D eigenvalue weighted by Gasteiger charge is 2.20. The number of aromatic nitrogens is 2. The molecule has 0 unspecified atom stereocenters. The van der Waals surface area contributed by atoms with E-state index in [1.807, 2.05) is 30.3 Å². The number of methoxy groups -OCH3 is 1. The maximum Gasteiger partial charge on any atom is 0.311 e. The summed E-state index contributed by atoms with van der Waals surface area (Å²) in [5.74, 6) is -0.173. The van der Waals surface area contributed by atoms with Crippen LogP contribution in [-0.2, 0) is 4.79 Å². The lowest BCUT2D eigenvalue weighted by atomic mass is 10.0. The molecule has 0 radical (unpaired) electrons. The number of ether oxygens (including phenoxy) is 1. The summed E-state index contributed by atoms with van der Waals surface area (Å²) in [6, 6.07) is 17.6. The molecule has 1 heterocycles. The molecule has 0 bridgehead atoms. The van der Waals surface area contributed by atoms with Crippen LogP contribution in [0.3, 0.4) is 0 Å². The molecule has 0 atom stereocenters. The van der Waals surface area contributed by atoms with Gasteiger partial charge in [0.15, 0.2) is 10.9 Å². The maximum absolute atomic E-state index is 13.6. The molecule has 10 heteroatoms. The number of nitro groups is 1. The van der Waals surface area contributed by atoms with E-state index in [1.54, 1.807) is 29.7 Å². The van der Waals surface area contributed by atoms with Crippen molar-refractivity contribution in [2.45, 2.75) is 31.8 Å². The number of anilines is 1. The molecule has 0 spiro atoms. The minimum atomic E-state index is -0.535. The first kappa shape index (κ1) is 25.9. The molecular weight excluding hydrogens is 492 g/mol. The Morgan fingerprint density at radius 3 is 2.57 bits per heavy atom. The summed E-state index contributed by atoms with van der Waals surface area (Å²) in [7, 11) is 1.33. The number of hydrogen-bond acceptors (Lipinski definition) is 7. The first-order chi connectivity index (χ1) is 17.7. The number of rotatable bonds is 8. The molecule has 9 nitrogen and oxygen atoms in total. The smallest absolute Gasteiger partial charge is 0.311 e. The predicted octanol–water partition coefficient (Wildman–Crippen LogP) is 5.47. The van der Waals surface area contributed by atoms with E-state index < -0.39 is 4.92 Å². The number of nitro benzene ring substituents is 1. The van der Waals surface area contributed by atoms with E-state index in [-0.39, 0.29) is 34.6 Å². The number of thioether (sulfide) groups is 1. The molecule has 190 valence electrons. The van der Waals surface area contributed by atoms with Crippen LogP contribution in [0.4, 0.5) is 11.4 Å². The Labute approximate surface area is 217 Å². The van der Waals surface area contributed by atoms with Crippen LogP contribution in [0.15, 0.2) is 70.6 Å². The van der Waals surface area contributed by atoms with E-state index in [9.17, 15) is 19.7 Å². The van der Waals surface area contributed by atoms with Crippen molar-refractivity contribution >= 4 is 39.9 Å². The Morgan fingerprint density at radius 2 is 1.86 bits per heavy atom. The van der Waals surface area contributed by atoms with Gasteiger partial charge in [0.2, 0.25) is 5.91 Å². The standard InChI is InChI=1S/C27H26N4O5S/c1-16(2)18-9-6-8-12-22(18)30-26(33)19-10-5-7-11-20(19)29-27(30)37-15-25(32)28-21-14-24(36-4)23(31(34)35)13-17(21)3/h5-14,16H,15H2,1-4H3,(H,28,32). The van der Waals surface area contributed by atoms with E-state index in [2.05, 4.69) is 19.2 Å². The van der Waals surface area contributed by atoms with Crippen molar-refractivity contribution < 1.29 is 14.5 Å². The third kappa shape index (κ3) is 5.34. The van der Waals surface area contributed by atoms with Crippen LogP contribution >= 0.6 is 11.8 Å². The van der Waals surface area contributed by atoms with Crippen molar-refractivity contribution in [2.24, 2.45) is 0 Å². The zero-order valence-corrected chi connectivity index (χ0v) is 21.7. The molecule has 1 N–H and O–H groups in total. The van der Waals surface area contributed by atoms with Crippen LogP contribution < -0.4 is 15.6 Å². The highest BCUT2D eigenvalue weighted by molar-refractivity contribution is 7.99. The van der Waals surface area contributed by atoms with Gasteiger partial charge in [-0.05, 0) is 42.2 Å². The number of carbonyl (C=O) groups excluding carboxylic acids is 1. The molecule has 0 aliphatic rings. The topological polar surface area (TPSA) is 116 Å². The molecule has 0 fully saturated rings. The summed E-state index contributed by atoms with van der Waals surface area (Å²) < 4.78 is 6.68. The third-order valence-corrected chi connectivity index (χ3v) is 6.81. The monoisotopic (exact) mass is 518 g/mol. The number of para-hydroxylation sites is 2. The number of aryl methyl sites for hydroxylation is 1. The fraction of sp³-hybridized carbons (Fsp3) is 0.222. The molecule has 0 aliphatic carbocycles. The summed E-state index contributed by atoms with van der Waals surface area (Å²) in [5, 5.41) is 14.9. The molecule has 4 aromatic rings. The first-order valence-electron chi connectivity index (χ1n) is 11.6. The van der Waals surface area contributed by atoms with Crippen LogP contribution in [0.5, 0.6) is 5.75 Å². The normalized spacial score (nSPS) is 11.1. The van der Waals surface area contributed by atoms with Crippen molar-refractivity contribution in [3.8, 4) is 11.4 Å². The number of hydrogen-bond donors (Lipinski definition) is 1. The third-order valence-electron chi connectivity index (χ3n) is 5.87. The predicted molar refractivity (Wildman–Crippen MR) is 145 cm³/mol. The molecule has 0 saturated heterocycles. The van der Waals surface area contributed by atoms with Gasteiger partial charge in [0.1, 0.15) is 0 Å². The molecule has 1 amide bonds. The second-order valence-electron chi connectivity index (χ2n) is 8.70. The quantitative estimate of drug-likeness (QED) is 0.142. The van der Waals surface area contributed by atoms with E-state index in [1.165, 1.54) is 19.2 Å². The fourth-order valence-corrected chi connectivity index (χ4v) is 4.84. The van der Waals surface area contributed by atoms with Gasteiger partial charge in [-0.2, -0.15) is 0 Å². The molecular formula is C27H26N4O5S. The second kappa shape index (κ2) is 10.8. The zero-order chi connectivity index (χ0) is 26.7. The molecule has 37 heavy (non-hydrogen) atoms. The molecule has 0 aliphatic heterocycles. The lowest BCUT2D eigenvalue weighted by molar-refractivity contribution is -0.385. The SMILES string of the molecule is COc1cc(NC(=O)CSc2nc3ccccc3c(=O)n2-c2ccccc2C(C)C)c(C)cc1[N+](=O)[O-]. The van der Waals surface area contributed by atoms with Gasteiger partial charge in [-0.15, -0.1) is 0 Å². The number of amides is 1. The number of fused-ring (bicyclic) bond motifs is 1. The summed E-state index contributed by atoms with van der Waals surface area (Å²) >= 11 is 1.14. The Bertz CT molecular complexity index is 1560. The number of nitrogens with zero attached hydrogens (tertiary/aromatic N) is 3. The fourth-order valence-electron chi connectivity index (χ4n) is 4.03. The average Bonchev–Trinajstić information content (AvgIpc) is 2.88. The maximum atomic E-state index is 13.6. The Hall–Kier alpha value is -4.18. The van der Waals surface area contributed by atoms with Gasteiger partial charge in [-0.25, -0.2) is 4.98 Å². The van der Waals surface area contributed by atoms with Crippen LogP contribution in [0, 0.1) is 17.0 Å². The molecule has 4 rings (SSSR count). The van der Waals surface area contributed by atoms with Gasteiger partial charge in [0, 0.05) is 17.8 Å². The van der Waals surface area contributed by atoms with Gasteiger partial charge >= 0.3 is 5.69 Å². The zero-order valence-electron chi connectivity index (χ0n) is 20.8. The summed E-state index contributed by atoms with van der Waals surface area (Å²) in [6.07, 6.45) is 0. The number of carbonyl (C=O) groups is 1. The summed E-state index contributed by atoms with van der Waals surface area (Å²) in [5.41, 5.74) is 2.79. The van der Waals surface area contributed by atoms with Crippen LogP contribution in [-0.4, -0.2) is 33.2 Å². The van der Waals surface area contributed by atoms with Gasteiger partial charge in [-0.3, -0.25) is 24.3 Å². The van der Waals surface area contributed by atoms with E-state index in [0.29, 0.717) is 27.3 Å². The molecule has 3 aromatic carbocycles. The van der Waals surface area contributed by atoms with Crippen LogP contribution in [0.25, 0.3) is 16.6 Å². The van der Waals surface area contributed by atoms with Crippen molar-refractivity contribution in [1.29, 1.82) is 0 Å². The Kier molecular flexibility index (Phi) is 7.58. The van der Waals surface area contributed by atoms with Crippen molar-refractivity contribution in [2.75, 3.05) is 18.2 Å². The van der Waals surface area contributed by atoms with Crippen molar-refractivity contribution in [3.63, 3.8) is 0 Å². The summed E-state index contributed by atoms with van der Waals surface area (Å²) in [4.78, 5) is 42.0. The minimum absolute atomic E-state index is 0.0344.